The first-order valence-corrected chi connectivity index (χ1v) is 4.96. The lowest BCUT2D eigenvalue weighted by molar-refractivity contribution is 0.187. The number of nitrogens with zero attached hydrogens (tertiary/aromatic N) is 1. The second-order valence-electron chi connectivity index (χ2n) is 3.68. The molecule has 0 radical (unpaired) electrons. The molecule has 0 amide bonds. The Morgan fingerprint density at radius 2 is 1.92 bits per heavy atom. The highest BCUT2D eigenvalue weighted by Crippen LogP contribution is 2.10. The molecule has 0 saturated heterocycles. The van der Waals surface area contributed by atoms with Crippen molar-refractivity contribution in [2.24, 2.45) is 0 Å². The summed E-state index contributed by atoms with van der Waals surface area (Å²) in [5.74, 6) is 0. The van der Waals surface area contributed by atoms with Crippen LogP contribution in [0.2, 0.25) is 0 Å². The van der Waals surface area contributed by atoms with Crippen molar-refractivity contribution in [3.8, 4) is 0 Å². The van der Waals surface area contributed by atoms with Crippen molar-refractivity contribution in [3.63, 3.8) is 0 Å². The van der Waals surface area contributed by atoms with Gasteiger partial charge in [0, 0.05) is 12.1 Å². The lowest BCUT2D eigenvalue weighted by Crippen LogP contribution is -2.36. The first kappa shape index (κ1) is 11.7. The van der Waals surface area contributed by atoms with E-state index < -0.39 is 0 Å². The Morgan fingerprint density at radius 3 is 2.33 bits per heavy atom. The molecule has 1 nitrogen and oxygen atoms in total. The van der Waals surface area contributed by atoms with Crippen molar-refractivity contribution in [2.75, 3.05) is 7.05 Å². The van der Waals surface area contributed by atoms with Gasteiger partial charge in [-0.15, -0.1) is 6.58 Å². The van der Waals surface area contributed by atoms with E-state index in [0.717, 1.165) is 6.42 Å². The van der Waals surface area contributed by atoms with Crippen LogP contribution in [0.4, 0.5) is 0 Å². The van der Waals surface area contributed by atoms with E-state index in [9.17, 15) is 0 Å². The average Bonchev–Trinajstić information content (AvgIpc) is 2.04. The summed E-state index contributed by atoms with van der Waals surface area (Å²) >= 11 is 0. The van der Waals surface area contributed by atoms with Gasteiger partial charge in [0.25, 0.3) is 0 Å². The van der Waals surface area contributed by atoms with Gasteiger partial charge >= 0.3 is 0 Å². The Bertz CT molecular complexity index is 120. The smallest absolute Gasteiger partial charge is 0.0101 e. The Kier molecular flexibility index (Phi) is 6.09. The van der Waals surface area contributed by atoms with Crippen LogP contribution in [0.3, 0.4) is 0 Å². The van der Waals surface area contributed by atoms with Gasteiger partial charge in [0.05, 0.1) is 0 Å². The highest BCUT2D eigenvalue weighted by atomic mass is 15.1. The zero-order chi connectivity index (χ0) is 9.56. The molecule has 1 unspecified atom stereocenters. The van der Waals surface area contributed by atoms with Crippen LogP contribution >= 0.6 is 0 Å². The lowest BCUT2D eigenvalue weighted by Gasteiger charge is -2.30. The van der Waals surface area contributed by atoms with Crippen LogP contribution in [0.1, 0.15) is 40.0 Å². The molecule has 0 aromatic rings. The van der Waals surface area contributed by atoms with Crippen molar-refractivity contribution in [3.05, 3.63) is 12.7 Å². The normalized spacial score (nSPS) is 16.1. The summed E-state index contributed by atoms with van der Waals surface area (Å²) in [6.07, 6.45) is 5.65. The summed E-state index contributed by atoms with van der Waals surface area (Å²) in [6, 6.07) is 1.33. The van der Waals surface area contributed by atoms with Crippen LogP contribution in [0.15, 0.2) is 12.7 Å². The van der Waals surface area contributed by atoms with Gasteiger partial charge in [0.15, 0.2) is 0 Å². The quantitative estimate of drug-likeness (QED) is 0.552. The Morgan fingerprint density at radius 1 is 1.33 bits per heavy atom. The molecule has 0 aliphatic carbocycles. The molecule has 0 aliphatic heterocycles. The highest BCUT2D eigenvalue weighted by molar-refractivity contribution is 4.78. The van der Waals surface area contributed by atoms with Gasteiger partial charge in [-0.2, -0.15) is 0 Å². The molecular weight excluding hydrogens is 146 g/mol. The number of hydrogen-bond acceptors (Lipinski definition) is 1. The van der Waals surface area contributed by atoms with Gasteiger partial charge in [0.2, 0.25) is 0 Å². The molecule has 0 N–H and O–H groups in total. The van der Waals surface area contributed by atoms with Gasteiger partial charge < -0.3 is 4.90 Å². The molecule has 72 valence electrons. The van der Waals surface area contributed by atoms with Gasteiger partial charge in [-0.25, -0.2) is 0 Å². The second kappa shape index (κ2) is 6.24. The molecule has 0 heterocycles. The van der Waals surface area contributed by atoms with Crippen molar-refractivity contribution in [1.29, 1.82) is 0 Å². The van der Waals surface area contributed by atoms with Crippen molar-refractivity contribution in [2.45, 2.75) is 52.1 Å². The van der Waals surface area contributed by atoms with E-state index in [0.29, 0.717) is 12.1 Å². The number of hydrogen-bond donors (Lipinski definition) is 0. The van der Waals surface area contributed by atoms with E-state index >= 15 is 0 Å². The molecule has 0 bridgehead atoms. The second-order valence-corrected chi connectivity index (χ2v) is 3.68. The SMILES string of the molecule is C=CCC(C)N(C)[C@H](C)CCC. The Hall–Kier alpha value is -0.300. The first-order valence-electron chi connectivity index (χ1n) is 4.96. The van der Waals surface area contributed by atoms with E-state index in [1.54, 1.807) is 0 Å². The molecule has 2 atom stereocenters. The van der Waals surface area contributed by atoms with Crippen molar-refractivity contribution in [1.82, 2.24) is 4.90 Å². The minimum atomic E-state index is 0.629. The van der Waals surface area contributed by atoms with Gasteiger partial charge in [-0.05, 0) is 33.7 Å². The van der Waals surface area contributed by atoms with E-state index in [-0.39, 0.29) is 0 Å². The van der Waals surface area contributed by atoms with Crippen LogP contribution in [0.5, 0.6) is 0 Å². The fourth-order valence-corrected chi connectivity index (χ4v) is 1.46. The maximum atomic E-state index is 3.76. The first-order chi connectivity index (χ1) is 5.63. The molecule has 0 aliphatic rings. The molecule has 0 fully saturated rings. The highest BCUT2D eigenvalue weighted by Gasteiger charge is 2.12. The molecule has 0 aromatic carbocycles. The summed E-state index contributed by atoms with van der Waals surface area (Å²) in [5.41, 5.74) is 0. The third-order valence-electron chi connectivity index (χ3n) is 2.60. The third-order valence-corrected chi connectivity index (χ3v) is 2.60. The third kappa shape index (κ3) is 3.91. The fourth-order valence-electron chi connectivity index (χ4n) is 1.46. The van der Waals surface area contributed by atoms with E-state index in [4.69, 9.17) is 0 Å². The maximum absolute atomic E-state index is 3.76. The molecule has 0 rings (SSSR count). The molecule has 0 aromatic heterocycles. The van der Waals surface area contributed by atoms with Crippen LogP contribution in [0, 0.1) is 0 Å². The summed E-state index contributed by atoms with van der Waals surface area (Å²) in [5, 5.41) is 0. The minimum absolute atomic E-state index is 0.629. The average molecular weight is 169 g/mol. The zero-order valence-corrected chi connectivity index (χ0v) is 9.01. The Balaban J connectivity index is 3.80. The van der Waals surface area contributed by atoms with E-state index in [1.807, 2.05) is 6.08 Å². The lowest BCUT2D eigenvalue weighted by atomic mass is 10.1. The maximum Gasteiger partial charge on any atom is 0.0101 e. The largest absolute Gasteiger partial charge is 0.301 e. The summed E-state index contributed by atoms with van der Waals surface area (Å²) in [6.45, 7) is 10.6. The summed E-state index contributed by atoms with van der Waals surface area (Å²) in [4.78, 5) is 2.44. The van der Waals surface area contributed by atoms with Gasteiger partial charge in [0.1, 0.15) is 0 Å². The Labute approximate surface area is 77.5 Å². The van der Waals surface area contributed by atoms with Crippen LogP contribution in [-0.2, 0) is 0 Å². The topological polar surface area (TPSA) is 3.24 Å². The summed E-state index contributed by atoms with van der Waals surface area (Å²) < 4.78 is 0. The molecular formula is C11H23N. The monoisotopic (exact) mass is 169 g/mol. The molecule has 0 saturated carbocycles. The minimum Gasteiger partial charge on any atom is -0.301 e. The van der Waals surface area contributed by atoms with Crippen LogP contribution < -0.4 is 0 Å². The summed E-state index contributed by atoms with van der Waals surface area (Å²) in [7, 11) is 2.20. The zero-order valence-electron chi connectivity index (χ0n) is 9.01. The van der Waals surface area contributed by atoms with Crippen molar-refractivity contribution >= 4 is 0 Å². The fraction of sp³-hybridized carbons (Fsp3) is 0.818. The molecule has 1 heteroatoms. The van der Waals surface area contributed by atoms with Gasteiger partial charge in [-0.3, -0.25) is 0 Å². The standard InChI is InChI=1S/C11H23N/c1-6-8-10(3)12(5)11(4)9-7-2/h6,10-11H,1,7-9H2,2-5H3/t10?,11-/m1/s1. The van der Waals surface area contributed by atoms with Crippen molar-refractivity contribution < 1.29 is 0 Å². The number of rotatable bonds is 6. The van der Waals surface area contributed by atoms with E-state index in [1.165, 1.54) is 12.8 Å². The van der Waals surface area contributed by atoms with Crippen LogP contribution in [-0.4, -0.2) is 24.0 Å². The van der Waals surface area contributed by atoms with Gasteiger partial charge in [-0.1, -0.05) is 19.4 Å². The van der Waals surface area contributed by atoms with E-state index in [2.05, 4.69) is 39.3 Å². The predicted octanol–water partition coefficient (Wildman–Crippen LogP) is 3.07. The molecule has 12 heavy (non-hydrogen) atoms. The molecule has 0 spiro atoms. The van der Waals surface area contributed by atoms with Crippen LogP contribution in [0.25, 0.3) is 0 Å². The predicted molar refractivity (Wildman–Crippen MR) is 56.4 cm³/mol.